The summed E-state index contributed by atoms with van der Waals surface area (Å²) in [5.74, 6) is 0.254. The second kappa shape index (κ2) is 9.19. The van der Waals surface area contributed by atoms with Crippen LogP contribution < -0.4 is 5.32 Å². The molecule has 0 bridgehead atoms. The molecule has 1 N–H and O–H groups in total. The summed E-state index contributed by atoms with van der Waals surface area (Å²) in [4.78, 5) is 27.6. The summed E-state index contributed by atoms with van der Waals surface area (Å²) >= 11 is 7.58. The van der Waals surface area contributed by atoms with Crippen LogP contribution in [0.25, 0.3) is 0 Å². The number of carbonyl (C=O) groups excluding carboxylic acids is 2. The zero-order valence-electron chi connectivity index (χ0n) is 14.6. The van der Waals surface area contributed by atoms with Crippen LogP contribution in [-0.2, 0) is 22.4 Å². The van der Waals surface area contributed by atoms with Gasteiger partial charge in [0, 0.05) is 35.5 Å². The average molecular weight is 391 g/mol. The van der Waals surface area contributed by atoms with Gasteiger partial charge in [0.2, 0.25) is 11.8 Å². The summed E-state index contributed by atoms with van der Waals surface area (Å²) < 4.78 is 0. The smallest absolute Gasteiger partial charge is 0.227 e. The summed E-state index contributed by atoms with van der Waals surface area (Å²) in [6.45, 7) is 1.93. The summed E-state index contributed by atoms with van der Waals surface area (Å²) in [7, 11) is 0. The van der Waals surface area contributed by atoms with Crippen molar-refractivity contribution in [3.05, 3.63) is 57.2 Å². The van der Waals surface area contributed by atoms with E-state index in [1.807, 2.05) is 46.7 Å². The van der Waals surface area contributed by atoms with Crippen LogP contribution in [0.4, 0.5) is 0 Å². The van der Waals surface area contributed by atoms with Crippen molar-refractivity contribution in [2.24, 2.45) is 5.92 Å². The van der Waals surface area contributed by atoms with Crippen LogP contribution in [0.15, 0.2) is 41.8 Å². The molecule has 2 heterocycles. The third-order valence-electron chi connectivity index (χ3n) is 4.73. The number of piperidine rings is 1. The molecule has 2 amide bonds. The summed E-state index contributed by atoms with van der Waals surface area (Å²) in [6, 6.07) is 11.6. The molecule has 3 rings (SSSR count). The molecule has 26 heavy (non-hydrogen) atoms. The Balaban J connectivity index is 1.38. The van der Waals surface area contributed by atoms with Gasteiger partial charge >= 0.3 is 0 Å². The van der Waals surface area contributed by atoms with Crippen molar-refractivity contribution in [2.75, 3.05) is 19.6 Å². The molecule has 0 spiro atoms. The van der Waals surface area contributed by atoms with Gasteiger partial charge in [0.05, 0.1) is 6.42 Å². The van der Waals surface area contributed by atoms with Crippen LogP contribution in [0, 0.1) is 5.92 Å². The fourth-order valence-corrected chi connectivity index (χ4v) is 4.14. The quantitative estimate of drug-likeness (QED) is 0.820. The van der Waals surface area contributed by atoms with Crippen molar-refractivity contribution in [1.29, 1.82) is 0 Å². The normalized spacial score (nSPS) is 15.0. The van der Waals surface area contributed by atoms with Crippen molar-refractivity contribution >= 4 is 34.8 Å². The second-order valence-electron chi connectivity index (χ2n) is 6.58. The van der Waals surface area contributed by atoms with E-state index in [1.165, 1.54) is 0 Å². The van der Waals surface area contributed by atoms with E-state index in [2.05, 4.69) is 5.32 Å². The molecule has 0 unspecified atom stereocenters. The molecule has 1 aromatic carbocycles. The highest BCUT2D eigenvalue weighted by Crippen LogP contribution is 2.19. The van der Waals surface area contributed by atoms with Gasteiger partial charge in [0.1, 0.15) is 0 Å². The third-order valence-corrected chi connectivity index (χ3v) is 5.84. The Morgan fingerprint density at radius 3 is 2.69 bits per heavy atom. The van der Waals surface area contributed by atoms with Gasteiger partial charge in [0.25, 0.3) is 0 Å². The molecule has 1 aromatic heterocycles. The molecular weight excluding hydrogens is 368 g/mol. The molecule has 6 heteroatoms. The molecule has 1 saturated heterocycles. The lowest BCUT2D eigenvalue weighted by Gasteiger charge is -2.31. The highest BCUT2D eigenvalue weighted by molar-refractivity contribution is 7.10. The summed E-state index contributed by atoms with van der Waals surface area (Å²) in [5, 5.41) is 5.72. The number of benzene rings is 1. The van der Waals surface area contributed by atoms with Crippen molar-refractivity contribution in [1.82, 2.24) is 10.2 Å². The lowest BCUT2D eigenvalue weighted by atomic mass is 9.95. The fourth-order valence-electron chi connectivity index (χ4n) is 3.23. The predicted molar refractivity (Wildman–Crippen MR) is 105 cm³/mol. The van der Waals surface area contributed by atoms with E-state index in [-0.39, 0.29) is 17.7 Å². The van der Waals surface area contributed by atoms with Gasteiger partial charge in [-0.25, -0.2) is 0 Å². The first-order chi connectivity index (χ1) is 12.6. The molecule has 0 atom stereocenters. The summed E-state index contributed by atoms with van der Waals surface area (Å²) in [6.07, 6.45) is 2.71. The molecule has 1 aliphatic heterocycles. The van der Waals surface area contributed by atoms with Crippen LogP contribution in [-0.4, -0.2) is 36.3 Å². The fraction of sp³-hybridized carbons (Fsp3) is 0.400. The minimum Gasteiger partial charge on any atom is -0.356 e. The second-order valence-corrected chi connectivity index (χ2v) is 8.05. The highest BCUT2D eigenvalue weighted by Gasteiger charge is 2.27. The minimum absolute atomic E-state index is 0.000138. The standard InChI is InChI=1S/C20H23ClN2O2S/c21-17-4-1-3-15(13-17)6-9-22-20(25)16-7-10-23(11-8-16)19(24)14-18-5-2-12-26-18/h1-5,12-13,16H,6-11,14H2,(H,22,25). The van der Waals surface area contributed by atoms with Gasteiger partial charge in [-0.2, -0.15) is 0 Å². The largest absolute Gasteiger partial charge is 0.356 e. The number of amides is 2. The van der Waals surface area contributed by atoms with Gasteiger partial charge in [-0.1, -0.05) is 29.8 Å². The van der Waals surface area contributed by atoms with E-state index >= 15 is 0 Å². The van der Waals surface area contributed by atoms with Crippen LogP contribution >= 0.6 is 22.9 Å². The molecule has 1 fully saturated rings. The SMILES string of the molecule is O=C(NCCc1cccc(Cl)c1)C1CCN(C(=O)Cc2cccs2)CC1. The number of hydrogen-bond donors (Lipinski definition) is 1. The Hall–Kier alpha value is -1.85. The maximum absolute atomic E-state index is 12.3. The highest BCUT2D eigenvalue weighted by atomic mass is 35.5. The Morgan fingerprint density at radius 2 is 2.00 bits per heavy atom. The summed E-state index contributed by atoms with van der Waals surface area (Å²) in [5.41, 5.74) is 1.12. The monoisotopic (exact) mass is 390 g/mol. The number of hydrogen-bond acceptors (Lipinski definition) is 3. The van der Waals surface area contributed by atoms with E-state index in [9.17, 15) is 9.59 Å². The molecule has 138 valence electrons. The van der Waals surface area contributed by atoms with E-state index < -0.39 is 0 Å². The van der Waals surface area contributed by atoms with Crippen molar-refractivity contribution in [3.8, 4) is 0 Å². The van der Waals surface area contributed by atoms with Gasteiger partial charge in [-0.05, 0) is 48.4 Å². The first-order valence-corrected chi connectivity index (χ1v) is 10.2. The third kappa shape index (κ3) is 5.32. The average Bonchev–Trinajstić information content (AvgIpc) is 3.15. The van der Waals surface area contributed by atoms with Crippen LogP contribution in [0.2, 0.25) is 5.02 Å². The minimum atomic E-state index is 0.000138. The van der Waals surface area contributed by atoms with E-state index in [0.29, 0.717) is 31.1 Å². The van der Waals surface area contributed by atoms with Gasteiger partial charge in [-0.15, -0.1) is 11.3 Å². The molecule has 0 saturated carbocycles. The topological polar surface area (TPSA) is 49.4 Å². The first kappa shape index (κ1) is 18.9. The number of likely N-dealkylation sites (tertiary alicyclic amines) is 1. The predicted octanol–water partition coefficient (Wildman–Crippen LogP) is 3.54. The number of rotatable bonds is 6. The maximum Gasteiger partial charge on any atom is 0.227 e. The number of nitrogens with zero attached hydrogens (tertiary/aromatic N) is 1. The van der Waals surface area contributed by atoms with E-state index in [1.54, 1.807) is 11.3 Å². The Bertz CT molecular complexity index is 740. The van der Waals surface area contributed by atoms with Crippen LogP contribution in [0.5, 0.6) is 0 Å². The van der Waals surface area contributed by atoms with E-state index in [4.69, 9.17) is 11.6 Å². The molecule has 4 nitrogen and oxygen atoms in total. The Labute approximate surface area is 163 Å². The Morgan fingerprint density at radius 1 is 1.19 bits per heavy atom. The van der Waals surface area contributed by atoms with Crippen molar-refractivity contribution < 1.29 is 9.59 Å². The Kier molecular flexibility index (Phi) is 6.69. The van der Waals surface area contributed by atoms with Crippen LogP contribution in [0.3, 0.4) is 0 Å². The van der Waals surface area contributed by atoms with Crippen molar-refractivity contribution in [3.63, 3.8) is 0 Å². The van der Waals surface area contributed by atoms with Crippen molar-refractivity contribution in [2.45, 2.75) is 25.7 Å². The number of halogens is 1. The molecule has 0 aliphatic carbocycles. The van der Waals surface area contributed by atoms with Gasteiger partial charge in [-0.3, -0.25) is 9.59 Å². The van der Waals surface area contributed by atoms with Crippen LogP contribution in [0.1, 0.15) is 23.3 Å². The molecule has 0 radical (unpaired) electrons. The lowest BCUT2D eigenvalue weighted by molar-refractivity contribution is -0.135. The molecular formula is C20H23ClN2O2S. The zero-order valence-corrected chi connectivity index (χ0v) is 16.2. The maximum atomic E-state index is 12.3. The number of carbonyl (C=O) groups is 2. The molecule has 1 aliphatic rings. The van der Waals surface area contributed by atoms with Gasteiger partial charge in [0.15, 0.2) is 0 Å². The zero-order chi connectivity index (χ0) is 18.4. The van der Waals surface area contributed by atoms with Gasteiger partial charge < -0.3 is 10.2 Å². The van der Waals surface area contributed by atoms with E-state index in [0.717, 1.165) is 29.7 Å². The lowest BCUT2D eigenvalue weighted by Crippen LogP contribution is -2.43. The number of nitrogens with one attached hydrogen (secondary N) is 1. The molecule has 2 aromatic rings. The first-order valence-electron chi connectivity index (χ1n) is 8.94. The number of thiophene rings is 1.